The first-order valence-corrected chi connectivity index (χ1v) is 6.59. The van der Waals surface area contributed by atoms with Gasteiger partial charge in [0, 0.05) is 6.54 Å². The zero-order valence-electron chi connectivity index (χ0n) is 11.9. The van der Waals surface area contributed by atoms with Crippen LogP contribution in [-0.4, -0.2) is 24.8 Å². The van der Waals surface area contributed by atoms with Gasteiger partial charge in [0.15, 0.2) is 0 Å². The molecule has 2 unspecified atom stereocenters. The molecule has 1 aliphatic rings. The van der Waals surface area contributed by atoms with Gasteiger partial charge >= 0.3 is 0 Å². The van der Waals surface area contributed by atoms with Gasteiger partial charge < -0.3 is 10.1 Å². The lowest BCUT2D eigenvalue weighted by atomic mass is 9.82. The summed E-state index contributed by atoms with van der Waals surface area (Å²) in [6.45, 7) is 15.7. The fraction of sp³-hybridized carbons (Fsp3) is 1.00. The predicted molar refractivity (Wildman–Crippen MR) is 69.7 cm³/mol. The molecule has 0 bridgehead atoms. The number of ether oxygens (including phenoxy) is 1. The molecule has 2 nitrogen and oxygen atoms in total. The maximum atomic E-state index is 5.95. The molecule has 2 heteroatoms. The molecule has 1 heterocycles. The Morgan fingerprint density at radius 2 is 2.00 bits per heavy atom. The van der Waals surface area contributed by atoms with Crippen molar-refractivity contribution in [2.24, 2.45) is 11.3 Å². The summed E-state index contributed by atoms with van der Waals surface area (Å²) in [4.78, 5) is 0. The summed E-state index contributed by atoms with van der Waals surface area (Å²) in [5.74, 6) is 0.696. The Balaban J connectivity index is 2.17. The van der Waals surface area contributed by atoms with Crippen molar-refractivity contribution in [3.05, 3.63) is 0 Å². The first-order valence-electron chi connectivity index (χ1n) is 6.59. The Hall–Kier alpha value is -0.0800. The Labute approximate surface area is 101 Å². The van der Waals surface area contributed by atoms with E-state index in [4.69, 9.17) is 4.74 Å². The third kappa shape index (κ3) is 4.42. The molecule has 96 valence electrons. The highest BCUT2D eigenvalue weighted by molar-refractivity contribution is 4.82. The molecule has 16 heavy (non-hydrogen) atoms. The fourth-order valence-electron chi connectivity index (χ4n) is 1.99. The molecule has 0 aromatic heterocycles. The van der Waals surface area contributed by atoms with E-state index in [-0.39, 0.29) is 5.60 Å². The first kappa shape index (κ1) is 14.0. The highest BCUT2D eigenvalue weighted by atomic mass is 16.5. The van der Waals surface area contributed by atoms with Crippen LogP contribution in [0.1, 0.15) is 54.4 Å². The molecular weight excluding hydrogens is 198 g/mol. The van der Waals surface area contributed by atoms with Crippen molar-refractivity contribution in [3.8, 4) is 0 Å². The van der Waals surface area contributed by atoms with E-state index in [1.165, 1.54) is 12.8 Å². The van der Waals surface area contributed by atoms with Crippen molar-refractivity contribution in [1.82, 2.24) is 5.32 Å². The van der Waals surface area contributed by atoms with Gasteiger partial charge in [-0.2, -0.15) is 0 Å². The van der Waals surface area contributed by atoms with Gasteiger partial charge in [0.25, 0.3) is 0 Å². The summed E-state index contributed by atoms with van der Waals surface area (Å²) >= 11 is 0. The molecule has 0 amide bonds. The lowest BCUT2D eigenvalue weighted by Crippen LogP contribution is -2.35. The van der Waals surface area contributed by atoms with Crippen LogP contribution in [0.2, 0.25) is 0 Å². The molecule has 0 spiro atoms. The van der Waals surface area contributed by atoms with Crippen LogP contribution in [0.5, 0.6) is 0 Å². The van der Waals surface area contributed by atoms with E-state index in [1.54, 1.807) is 0 Å². The summed E-state index contributed by atoms with van der Waals surface area (Å²) in [7, 11) is 0. The monoisotopic (exact) mass is 227 g/mol. The van der Waals surface area contributed by atoms with Crippen LogP contribution in [0.15, 0.2) is 0 Å². The van der Waals surface area contributed by atoms with Crippen molar-refractivity contribution in [2.45, 2.75) is 66.1 Å². The van der Waals surface area contributed by atoms with Crippen LogP contribution in [0.4, 0.5) is 0 Å². The summed E-state index contributed by atoms with van der Waals surface area (Å²) in [6.07, 6.45) is 2.81. The molecule has 2 atom stereocenters. The normalized spacial score (nSPS) is 27.0. The van der Waals surface area contributed by atoms with Crippen molar-refractivity contribution in [1.29, 1.82) is 0 Å². The van der Waals surface area contributed by atoms with Crippen molar-refractivity contribution in [2.75, 3.05) is 13.1 Å². The largest absolute Gasteiger partial charge is 0.371 e. The van der Waals surface area contributed by atoms with Gasteiger partial charge in [0.05, 0.1) is 11.7 Å². The zero-order valence-corrected chi connectivity index (χ0v) is 11.9. The average molecular weight is 227 g/mol. The van der Waals surface area contributed by atoms with Crippen LogP contribution < -0.4 is 5.32 Å². The average Bonchev–Trinajstić information content (AvgIpc) is 2.44. The lowest BCUT2D eigenvalue weighted by molar-refractivity contribution is -0.0147. The Kier molecular flexibility index (Phi) is 4.42. The molecular formula is C14H29NO. The maximum Gasteiger partial charge on any atom is 0.0707 e. The molecule has 0 radical (unpaired) electrons. The smallest absolute Gasteiger partial charge is 0.0707 e. The molecule has 1 rings (SSSR count). The minimum absolute atomic E-state index is 0.0992. The molecule has 1 N–H and O–H groups in total. The van der Waals surface area contributed by atoms with Gasteiger partial charge in [-0.05, 0) is 44.6 Å². The standard InChI is InChI=1S/C14H29NO/c1-11(13(2,3)4)9-15-10-12-7-8-14(5,6)16-12/h11-12,15H,7-10H2,1-6H3. The number of nitrogens with one attached hydrogen (secondary N) is 1. The van der Waals surface area contributed by atoms with Crippen molar-refractivity contribution < 1.29 is 4.74 Å². The highest BCUT2D eigenvalue weighted by Gasteiger charge is 2.31. The Morgan fingerprint density at radius 3 is 2.44 bits per heavy atom. The maximum absolute atomic E-state index is 5.95. The minimum atomic E-state index is 0.0992. The number of hydrogen-bond donors (Lipinski definition) is 1. The molecule has 1 fully saturated rings. The van der Waals surface area contributed by atoms with Crippen molar-refractivity contribution in [3.63, 3.8) is 0 Å². The van der Waals surface area contributed by atoms with E-state index in [1.807, 2.05) is 0 Å². The number of hydrogen-bond acceptors (Lipinski definition) is 2. The van der Waals surface area contributed by atoms with Crippen LogP contribution in [0, 0.1) is 11.3 Å². The van der Waals surface area contributed by atoms with E-state index in [0.29, 0.717) is 17.4 Å². The molecule has 0 saturated carbocycles. The van der Waals surface area contributed by atoms with Crippen molar-refractivity contribution >= 4 is 0 Å². The van der Waals surface area contributed by atoms with Gasteiger partial charge in [-0.15, -0.1) is 0 Å². The van der Waals surface area contributed by atoms with Crippen LogP contribution in [-0.2, 0) is 4.74 Å². The van der Waals surface area contributed by atoms with E-state index in [2.05, 4.69) is 46.9 Å². The molecule has 1 aliphatic heterocycles. The molecule has 1 saturated heterocycles. The highest BCUT2D eigenvalue weighted by Crippen LogP contribution is 2.29. The summed E-state index contributed by atoms with van der Waals surface area (Å²) in [6, 6.07) is 0. The van der Waals surface area contributed by atoms with E-state index in [0.717, 1.165) is 13.1 Å². The van der Waals surface area contributed by atoms with Crippen LogP contribution >= 0.6 is 0 Å². The lowest BCUT2D eigenvalue weighted by Gasteiger charge is -2.28. The predicted octanol–water partition coefficient (Wildman–Crippen LogP) is 3.22. The second-order valence-corrected chi connectivity index (χ2v) is 6.96. The first-order chi connectivity index (χ1) is 7.21. The number of rotatable bonds is 4. The molecule has 0 aromatic rings. The Bertz CT molecular complexity index is 217. The van der Waals surface area contributed by atoms with Gasteiger partial charge in [-0.3, -0.25) is 0 Å². The third-order valence-corrected chi connectivity index (χ3v) is 3.86. The molecule has 0 aromatic carbocycles. The van der Waals surface area contributed by atoms with Gasteiger partial charge in [-0.25, -0.2) is 0 Å². The third-order valence-electron chi connectivity index (χ3n) is 3.86. The summed E-state index contributed by atoms with van der Waals surface area (Å²) < 4.78 is 5.95. The second-order valence-electron chi connectivity index (χ2n) is 6.96. The topological polar surface area (TPSA) is 21.3 Å². The summed E-state index contributed by atoms with van der Waals surface area (Å²) in [5, 5.41) is 3.55. The van der Waals surface area contributed by atoms with Gasteiger partial charge in [-0.1, -0.05) is 27.7 Å². The van der Waals surface area contributed by atoms with Crippen LogP contribution in [0.3, 0.4) is 0 Å². The Morgan fingerprint density at radius 1 is 1.38 bits per heavy atom. The SMILES string of the molecule is CC(CNCC1CCC(C)(C)O1)C(C)(C)C. The minimum Gasteiger partial charge on any atom is -0.371 e. The fourth-order valence-corrected chi connectivity index (χ4v) is 1.99. The van der Waals surface area contributed by atoms with Gasteiger partial charge in [0.1, 0.15) is 0 Å². The second kappa shape index (κ2) is 5.05. The van der Waals surface area contributed by atoms with E-state index < -0.39 is 0 Å². The van der Waals surface area contributed by atoms with E-state index >= 15 is 0 Å². The van der Waals surface area contributed by atoms with Gasteiger partial charge in [0.2, 0.25) is 0 Å². The zero-order chi connectivity index (χ0) is 12.4. The molecule has 0 aliphatic carbocycles. The summed E-state index contributed by atoms with van der Waals surface area (Å²) in [5.41, 5.74) is 0.491. The van der Waals surface area contributed by atoms with E-state index in [9.17, 15) is 0 Å². The quantitative estimate of drug-likeness (QED) is 0.796. The van der Waals surface area contributed by atoms with Crippen LogP contribution in [0.25, 0.3) is 0 Å².